The van der Waals surface area contributed by atoms with Gasteiger partial charge in [0.05, 0.1) is 5.60 Å². The van der Waals surface area contributed by atoms with Gasteiger partial charge >= 0.3 is 0 Å². The molecule has 0 saturated heterocycles. The SMILES string of the molecule is CCCC(C)COC(C)(C)C. The second-order valence-electron chi connectivity index (χ2n) is 4.32. The van der Waals surface area contributed by atoms with Crippen molar-refractivity contribution in [3.05, 3.63) is 0 Å². The molecule has 0 spiro atoms. The van der Waals surface area contributed by atoms with Crippen LogP contribution in [0.25, 0.3) is 0 Å². The van der Waals surface area contributed by atoms with Gasteiger partial charge in [-0.15, -0.1) is 0 Å². The van der Waals surface area contributed by atoms with Crippen LogP contribution >= 0.6 is 0 Å². The summed E-state index contributed by atoms with van der Waals surface area (Å²) >= 11 is 0. The van der Waals surface area contributed by atoms with Gasteiger partial charge in [-0.2, -0.15) is 0 Å². The molecule has 1 heteroatoms. The fourth-order valence-corrected chi connectivity index (χ4v) is 0.968. The van der Waals surface area contributed by atoms with Crippen LogP contribution in [0.3, 0.4) is 0 Å². The second kappa shape index (κ2) is 4.76. The molecule has 68 valence electrons. The Morgan fingerprint density at radius 3 is 2.18 bits per heavy atom. The van der Waals surface area contributed by atoms with Crippen molar-refractivity contribution in [2.75, 3.05) is 6.61 Å². The molecule has 0 N–H and O–H groups in total. The maximum Gasteiger partial charge on any atom is 0.0598 e. The molecule has 0 aliphatic heterocycles. The van der Waals surface area contributed by atoms with E-state index in [2.05, 4.69) is 34.6 Å². The van der Waals surface area contributed by atoms with Crippen molar-refractivity contribution in [2.24, 2.45) is 5.92 Å². The van der Waals surface area contributed by atoms with Gasteiger partial charge in [-0.1, -0.05) is 20.3 Å². The monoisotopic (exact) mass is 158 g/mol. The first-order chi connectivity index (χ1) is 4.95. The van der Waals surface area contributed by atoms with Gasteiger partial charge in [0.25, 0.3) is 0 Å². The first kappa shape index (κ1) is 11.0. The fourth-order valence-electron chi connectivity index (χ4n) is 0.968. The molecular formula is C10H22O. The zero-order chi connectivity index (χ0) is 8.91. The third-order valence-electron chi connectivity index (χ3n) is 1.58. The van der Waals surface area contributed by atoms with Gasteiger partial charge in [0.15, 0.2) is 0 Å². The minimum Gasteiger partial charge on any atom is -0.376 e. The summed E-state index contributed by atoms with van der Waals surface area (Å²) in [5.41, 5.74) is 0.0298. The van der Waals surface area contributed by atoms with Crippen LogP contribution in [0.15, 0.2) is 0 Å². The van der Waals surface area contributed by atoms with Crippen LogP contribution in [0.1, 0.15) is 47.5 Å². The van der Waals surface area contributed by atoms with E-state index in [1.807, 2.05) is 0 Å². The fraction of sp³-hybridized carbons (Fsp3) is 1.00. The molecule has 0 fully saturated rings. The average Bonchev–Trinajstić information content (AvgIpc) is 1.83. The van der Waals surface area contributed by atoms with Crippen molar-refractivity contribution in [2.45, 2.75) is 53.1 Å². The van der Waals surface area contributed by atoms with Gasteiger partial charge in [-0.3, -0.25) is 0 Å². The molecule has 0 rings (SSSR count). The molecule has 0 aromatic rings. The number of hydrogen-bond donors (Lipinski definition) is 0. The number of rotatable bonds is 4. The lowest BCUT2D eigenvalue weighted by Gasteiger charge is -2.22. The second-order valence-corrected chi connectivity index (χ2v) is 4.32. The van der Waals surface area contributed by atoms with E-state index in [9.17, 15) is 0 Å². The molecule has 1 unspecified atom stereocenters. The van der Waals surface area contributed by atoms with Crippen LogP contribution in [-0.2, 0) is 4.74 Å². The Bertz CT molecular complexity index is 91.5. The zero-order valence-corrected chi connectivity index (χ0v) is 8.61. The van der Waals surface area contributed by atoms with E-state index >= 15 is 0 Å². The lowest BCUT2D eigenvalue weighted by molar-refractivity contribution is -0.0206. The lowest BCUT2D eigenvalue weighted by Crippen LogP contribution is -2.22. The predicted octanol–water partition coefficient (Wildman–Crippen LogP) is 3.24. The number of hydrogen-bond acceptors (Lipinski definition) is 1. The van der Waals surface area contributed by atoms with Crippen molar-refractivity contribution >= 4 is 0 Å². The minimum absolute atomic E-state index is 0.0298. The van der Waals surface area contributed by atoms with Crippen LogP contribution in [0.4, 0.5) is 0 Å². The van der Waals surface area contributed by atoms with E-state index < -0.39 is 0 Å². The Kier molecular flexibility index (Phi) is 4.74. The lowest BCUT2D eigenvalue weighted by atomic mass is 10.1. The quantitative estimate of drug-likeness (QED) is 0.610. The molecule has 0 aromatic heterocycles. The zero-order valence-electron chi connectivity index (χ0n) is 8.61. The summed E-state index contributed by atoms with van der Waals surface area (Å²) in [5, 5.41) is 0. The molecule has 0 aromatic carbocycles. The summed E-state index contributed by atoms with van der Waals surface area (Å²) in [6, 6.07) is 0. The summed E-state index contributed by atoms with van der Waals surface area (Å²) in [7, 11) is 0. The molecule has 0 aliphatic rings. The van der Waals surface area contributed by atoms with E-state index in [0.717, 1.165) is 6.61 Å². The number of ether oxygens (including phenoxy) is 1. The van der Waals surface area contributed by atoms with Gasteiger partial charge in [0.1, 0.15) is 0 Å². The molecule has 0 bridgehead atoms. The Balaban J connectivity index is 3.38. The maximum atomic E-state index is 5.64. The summed E-state index contributed by atoms with van der Waals surface area (Å²) in [6.07, 6.45) is 2.53. The van der Waals surface area contributed by atoms with Crippen molar-refractivity contribution in [3.63, 3.8) is 0 Å². The molecule has 0 aliphatic carbocycles. The van der Waals surface area contributed by atoms with E-state index in [1.165, 1.54) is 12.8 Å². The van der Waals surface area contributed by atoms with Gasteiger partial charge in [-0.05, 0) is 33.1 Å². The largest absolute Gasteiger partial charge is 0.376 e. The molecule has 11 heavy (non-hydrogen) atoms. The van der Waals surface area contributed by atoms with E-state index in [0.29, 0.717) is 5.92 Å². The molecule has 0 heterocycles. The van der Waals surface area contributed by atoms with Crippen LogP contribution in [0.2, 0.25) is 0 Å². The minimum atomic E-state index is 0.0298. The topological polar surface area (TPSA) is 9.23 Å². The van der Waals surface area contributed by atoms with Gasteiger partial charge < -0.3 is 4.74 Å². The highest BCUT2D eigenvalue weighted by atomic mass is 16.5. The summed E-state index contributed by atoms with van der Waals surface area (Å²) < 4.78 is 5.64. The van der Waals surface area contributed by atoms with Crippen molar-refractivity contribution in [1.82, 2.24) is 0 Å². The molecule has 1 nitrogen and oxygen atoms in total. The molecule has 1 atom stereocenters. The highest BCUT2D eigenvalue weighted by Crippen LogP contribution is 2.12. The Morgan fingerprint density at radius 2 is 1.82 bits per heavy atom. The average molecular weight is 158 g/mol. The van der Waals surface area contributed by atoms with Crippen molar-refractivity contribution in [3.8, 4) is 0 Å². The molecule has 0 amide bonds. The van der Waals surface area contributed by atoms with Gasteiger partial charge in [0.2, 0.25) is 0 Å². The maximum absolute atomic E-state index is 5.64. The molecule has 0 saturated carbocycles. The van der Waals surface area contributed by atoms with E-state index in [-0.39, 0.29) is 5.60 Å². The first-order valence-corrected chi connectivity index (χ1v) is 4.59. The van der Waals surface area contributed by atoms with E-state index in [1.54, 1.807) is 0 Å². The Labute approximate surface area is 71.1 Å². The Hall–Kier alpha value is -0.0400. The normalized spacial score (nSPS) is 15.0. The predicted molar refractivity (Wildman–Crippen MR) is 49.8 cm³/mol. The van der Waals surface area contributed by atoms with Crippen LogP contribution < -0.4 is 0 Å². The smallest absolute Gasteiger partial charge is 0.0598 e. The first-order valence-electron chi connectivity index (χ1n) is 4.59. The van der Waals surface area contributed by atoms with Gasteiger partial charge in [-0.25, -0.2) is 0 Å². The molecule has 0 radical (unpaired) electrons. The highest BCUT2D eigenvalue weighted by Gasteiger charge is 2.11. The summed E-state index contributed by atoms with van der Waals surface area (Å²) in [4.78, 5) is 0. The van der Waals surface area contributed by atoms with Crippen molar-refractivity contribution < 1.29 is 4.74 Å². The van der Waals surface area contributed by atoms with Gasteiger partial charge in [0, 0.05) is 6.61 Å². The highest BCUT2D eigenvalue weighted by molar-refractivity contribution is 4.60. The van der Waals surface area contributed by atoms with Crippen LogP contribution in [0.5, 0.6) is 0 Å². The third kappa shape index (κ3) is 7.86. The molecular weight excluding hydrogens is 136 g/mol. The van der Waals surface area contributed by atoms with Crippen LogP contribution in [0, 0.1) is 5.92 Å². The summed E-state index contributed by atoms with van der Waals surface area (Å²) in [5.74, 6) is 0.708. The standard InChI is InChI=1S/C10H22O/c1-6-7-9(2)8-11-10(3,4)5/h9H,6-8H2,1-5H3. The third-order valence-corrected chi connectivity index (χ3v) is 1.58. The Morgan fingerprint density at radius 1 is 1.27 bits per heavy atom. The van der Waals surface area contributed by atoms with E-state index in [4.69, 9.17) is 4.74 Å². The van der Waals surface area contributed by atoms with Crippen LogP contribution in [-0.4, -0.2) is 12.2 Å². The summed E-state index contributed by atoms with van der Waals surface area (Å²) in [6.45, 7) is 11.7. The van der Waals surface area contributed by atoms with Crippen molar-refractivity contribution in [1.29, 1.82) is 0 Å².